The third-order valence-electron chi connectivity index (χ3n) is 4.82. The number of nitrogens with one attached hydrogen (secondary N) is 1. The molecule has 1 fully saturated rings. The number of aromatic nitrogens is 1. The highest BCUT2D eigenvalue weighted by Gasteiger charge is 2.40. The number of hydrogen-bond acceptors (Lipinski definition) is 5. The minimum Gasteiger partial charge on any atom is -0.455 e. The second-order valence-corrected chi connectivity index (χ2v) is 7.45. The monoisotopic (exact) mass is 372 g/mol. The molecule has 3 unspecified atom stereocenters. The fourth-order valence-corrected chi connectivity index (χ4v) is 4.27. The molecule has 1 amide bonds. The third-order valence-corrected chi connectivity index (χ3v) is 5.58. The Balaban J connectivity index is 1.29. The minimum atomic E-state index is -0.419. The van der Waals surface area contributed by atoms with Crippen LogP contribution in [-0.4, -0.2) is 23.5 Å². The maximum atomic E-state index is 13.0. The molecule has 0 aliphatic heterocycles. The summed E-state index contributed by atoms with van der Waals surface area (Å²) in [5.74, 6) is -0.424. The molecule has 26 heavy (non-hydrogen) atoms. The number of nitrogens with zero attached hydrogens (tertiary/aromatic N) is 1. The quantitative estimate of drug-likeness (QED) is 0.643. The Morgan fingerprint density at radius 3 is 2.73 bits per heavy atom. The van der Waals surface area contributed by atoms with Crippen molar-refractivity contribution in [2.24, 2.45) is 17.8 Å². The number of thiazole rings is 1. The van der Waals surface area contributed by atoms with Gasteiger partial charge < -0.3 is 4.74 Å². The van der Waals surface area contributed by atoms with Crippen LogP contribution in [0, 0.1) is 23.6 Å². The van der Waals surface area contributed by atoms with E-state index in [1.54, 1.807) is 17.5 Å². The van der Waals surface area contributed by atoms with Crippen LogP contribution in [0.2, 0.25) is 0 Å². The molecular formula is C19H17FN2O3S. The van der Waals surface area contributed by atoms with E-state index in [-0.39, 0.29) is 30.2 Å². The molecule has 2 aliphatic carbocycles. The van der Waals surface area contributed by atoms with Gasteiger partial charge in [-0.1, -0.05) is 12.2 Å². The maximum absolute atomic E-state index is 13.0. The summed E-state index contributed by atoms with van der Waals surface area (Å²) in [5, 5.41) is 4.81. The first kappa shape index (κ1) is 16.9. The summed E-state index contributed by atoms with van der Waals surface area (Å²) in [6, 6.07) is 5.97. The van der Waals surface area contributed by atoms with Crippen molar-refractivity contribution in [3.8, 4) is 11.3 Å². The Bertz CT molecular complexity index is 862. The van der Waals surface area contributed by atoms with Crippen LogP contribution in [0.3, 0.4) is 0 Å². The van der Waals surface area contributed by atoms with Crippen molar-refractivity contribution >= 4 is 28.3 Å². The first-order valence-corrected chi connectivity index (χ1v) is 9.33. The van der Waals surface area contributed by atoms with Gasteiger partial charge in [-0.15, -0.1) is 11.3 Å². The highest BCUT2D eigenvalue weighted by atomic mass is 32.1. The number of rotatable bonds is 5. The number of carbonyl (C=O) groups excluding carboxylic acids is 2. The molecule has 2 aliphatic rings. The minimum absolute atomic E-state index is 0.122. The van der Waals surface area contributed by atoms with Crippen LogP contribution < -0.4 is 5.32 Å². The van der Waals surface area contributed by atoms with Gasteiger partial charge in [-0.2, -0.15) is 0 Å². The van der Waals surface area contributed by atoms with Gasteiger partial charge in [0.2, 0.25) is 0 Å². The van der Waals surface area contributed by atoms with E-state index in [1.165, 1.54) is 23.5 Å². The van der Waals surface area contributed by atoms with Gasteiger partial charge in [-0.3, -0.25) is 14.9 Å². The summed E-state index contributed by atoms with van der Waals surface area (Å²) in [7, 11) is 0. The smallest absolute Gasteiger partial charge is 0.310 e. The highest BCUT2D eigenvalue weighted by Crippen LogP contribution is 2.43. The van der Waals surface area contributed by atoms with E-state index in [4.69, 9.17) is 4.74 Å². The van der Waals surface area contributed by atoms with Gasteiger partial charge in [0.15, 0.2) is 11.7 Å². The average molecular weight is 372 g/mol. The number of fused-ring (bicyclic) bond motifs is 2. The van der Waals surface area contributed by atoms with Gasteiger partial charge in [0.25, 0.3) is 5.91 Å². The Labute approximate surface area is 153 Å². The van der Waals surface area contributed by atoms with Crippen molar-refractivity contribution in [3.63, 3.8) is 0 Å². The number of amides is 1. The number of halogens is 1. The molecule has 4 rings (SSSR count). The lowest BCUT2D eigenvalue weighted by atomic mass is 9.94. The maximum Gasteiger partial charge on any atom is 0.310 e. The fraction of sp³-hybridized carbons (Fsp3) is 0.316. The molecule has 0 radical (unpaired) electrons. The number of ether oxygens (including phenoxy) is 1. The molecule has 2 bridgehead atoms. The van der Waals surface area contributed by atoms with Gasteiger partial charge in [-0.05, 0) is 48.9 Å². The summed E-state index contributed by atoms with van der Waals surface area (Å²) in [4.78, 5) is 28.4. The summed E-state index contributed by atoms with van der Waals surface area (Å²) >= 11 is 1.26. The van der Waals surface area contributed by atoms with E-state index in [1.807, 2.05) is 0 Å². The zero-order chi connectivity index (χ0) is 18.1. The summed E-state index contributed by atoms with van der Waals surface area (Å²) in [6.07, 6.45) is 6.06. The molecule has 5 nitrogen and oxygen atoms in total. The molecule has 0 spiro atoms. The number of carbonyl (C=O) groups is 2. The second-order valence-electron chi connectivity index (χ2n) is 6.59. The van der Waals surface area contributed by atoms with Crippen molar-refractivity contribution in [2.75, 3.05) is 11.9 Å². The van der Waals surface area contributed by atoms with Crippen molar-refractivity contribution in [3.05, 3.63) is 47.6 Å². The molecule has 2 aromatic rings. The number of anilines is 1. The van der Waals surface area contributed by atoms with E-state index in [2.05, 4.69) is 22.5 Å². The van der Waals surface area contributed by atoms with Crippen molar-refractivity contribution < 1.29 is 18.7 Å². The van der Waals surface area contributed by atoms with Crippen LogP contribution in [0.5, 0.6) is 0 Å². The lowest BCUT2D eigenvalue weighted by Gasteiger charge is -2.16. The molecule has 1 heterocycles. The Kier molecular flexibility index (Phi) is 4.55. The van der Waals surface area contributed by atoms with Crippen LogP contribution >= 0.6 is 11.3 Å². The summed E-state index contributed by atoms with van der Waals surface area (Å²) in [5.41, 5.74) is 1.41. The van der Waals surface area contributed by atoms with E-state index in [0.29, 0.717) is 16.7 Å². The predicted molar refractivity (Wildman–Crippen MR) is 95.9 cm³/mol. The molecular weight excluding hydrogens is 355 g/mol. The second kappa shape index (κ2) is 6.99. The first-order chi connectivity index (χ1) is 12.6. The lowest BCUT2D eigenvalue weighted by Crippen LogP contribution is -2.26. The number of hydrogen-bond donors (Lipinski definition) is 1. The summed E-state index contributed by atoms with van der Waals surface area (Å²) in [6.45, 7) is -0.318. The predicted octanol–water partition coefficient (Wildman–Crippen LogP) is 3.64. The first-order valence-electron chi connectivity index (χ1n) is 8.45. The zero-order valence-corrected chi connectivity index (χ0v) is 14.7. The van der Waals surface area contributed by atoms with E-state index in [9.17, 15) is 14.0 Å². The van der Waals surface area contributed by atoms with Gasteiger partial charge in [0.05, 0.1) is 11.6 Å². The molecule has 134 valence electrons. The van der Waals surface area contributed by atoms with Crippen molar-refractivity contribution in [1.82, 2.24) is 4.98 Å². The largest absolute Gasteiger partial charge is 0.455 e. The molecule has 1 aromatic heterocycles. The normalized spacial score (nSPS) is 23.2. The summed E-state index contributed by atoms with van der Waals surface area (Å²) < 4.78 is 18.1. The SMILES string of the molecule is O=C(COC(=O)C1CC2C=CC1C2)Nc1nc(-c2ccc(F)cc2)cs1. The van der Waals surface area contributed by atoms with Gasteiger partial charge in [-0.25, -0.2) is 9.37 Å². The highest BCUT2D eigenvalue weighted by molar-refractivity contribution is 7.14. The van der Waals surface area contributed by atoms with Crippen LogP contribution in [0.4, 0.5) is 9.52 Å². The lowest BCUT2D eigenvalue weighted by molar-refractivity contribution is -0.152. The van der Waals surface area contributed by atoms with E-state index in [0.717, 1.165) is 18.4 Å². The number of allylic oxidation sites excluding steroid dienone is 2. The van der Waals surface area contributed by atoms with Crippen molar-refractivity contribution in [1.29, 1.82) is 0 Å². The van der Waals surface area contributed by atoms with Crippen LogP contribution in [-0.2, 0) is 14.3 Å². The molecule has 1 aromatic carbocycles. The van der Waals surface area contributed by atoms with Crippen LogP contribution in [0.25, 0.3) is 11.3 Å². The third kappa shape index (κ3) is 3.53. The van der Waals surface area contributed by atoms with E-state index < -0.39 is 5.91 Å². The van der Waals surface area contributed by atoms with Gasteiger partial charge in [0, 0.05) is 10.9 Å². The standard InChI is InChI=1S/C19H17FN2O3S/c20-14-5-3-12(4-6-14)16-10-26-19(21-16)22-17(23)9-25-18(24)15-8-11-1-2-13(15)7-11/h1-6,10-11,13,15H,7-9H2,(H,21,22,23). The Morgan fingerprint density at radius 1 is 1.23 bits per heavy atom. The Morgan fingerprint density at radius 2 is 2.04 bits per heavy atom. The number of esters is 1. The molecule has 1 N–H and O–H groups in total. The molecule has 3 atom stereocenters. The van der Waals surface area contributed by atoms with Gasteiger partial charge in [0.1, 0.15) is 5.82 Å². The average Bonchev–Trinajstić information content (AvgIpc) is 3.37. The fourth-order valence-electron chi connectivity index (χ4n) is 3.54. The molecule has 0 saturated heterocycles. The topological polar surface area (TPSA) is 68.3 Å². The van der Waals surface area contributed by atoms with Crippen molar-refractivity contribution in [2.45, 2.75) is 12.8 Å². The number of benzene rings is 1. The van der Waals surface area contributed by atoms with E-state index >= 15 is 0 Å². The zero-order valence-electron chi connectivity index (χ0n) is 13.9. The Hall–Kier alpha value is -2.54. The molecule has 1 saturated carbocycles. The van der Waals surface area contributed by atoms with Crippen LogP contribution in [0.15, 0.2) is 41.8 Å². The van der Waals surface area contributed by atoms with Crippen LogP contribution in [0.1, 0.15) is 12.8 Å². The van der Waals surface area contributed by atoms with Gasteiger partial charge >= 0.3 is 5.97 Å². The molecule has 7 heteroatoms.